The molecule has 6 heteroatoms. The number of phenolic OH excluding ortho intramolecular Hbond substituents is 1. The number of rotatable bonds is 5. The van der Waals surface area contributed by atoms with Crippen molar-refractivity contribution in [1.29, 1.82) is 5.26 Å². The van der Waals surface area contributed by atoms with E-state index in [1.54, 1.807) is 18.2 Å². The number of sulfone groups is 1. The minimum atomic E-state index is -3.50. The molecule has 0 spiro atoms. The second-order valence-corrected chi connectivity index (χ2v) is 6.41. The summed E-state index contributed by atoms with van der Waals surface area (Å²) in [7, 11) is -3.50. The topological polar surface area (TPSA) is 87.4 Å². The molecule has 0 saturated carbocycles. The van der Waals surface area contributed by atoms with Crippen LogP contribution in [0.5, 0.6) is 11.5 Å². The zero-order chi connectivity index (χ0) is 15.3. The van der Waals surface area contributed by atoms with Gasteiger partial charge in [0, 0.05) is 0 Å². The lowest BCUT2D eigenvalue weighted by atomic mass is 10.2. The second kappa shape index (κ2) is 6.29. The molecule has 0 unspecified atom stereocenters. The van der Waals surface area contributed by atoms with Crippen molar-refractivity contribution in [3.05, 3.63) is 54.1 Å². The van der Waals surface area contributed by atoms with Crippen LogP contribution in [-0.2, 0) is 9.84 Å². The minimum Gasteiger partial charge on any atom is -0.508 e. The molecule has 0 aliphatic carbocycles. The first-order valence-corrected chi connectivity index (χ1v) is 7.81. The van der Waals surface area contributed by atoms with Crippen LogP contribution in [0.3, 0.4) is 0 Å². The van der Waals surface area contributed by atoms with Crippen LogP contribution in [0.25, 0.3) is 0 Å². The monoisotopic (exact) mass is 303 g/mol. The molecule has 108 valence electrons. The summed E-state index contributed by atoms with van der Waals surface area (Å²) < 4.78 is 29.6. The van der Waals surface area contributed by atoms with Crippen LogP contribution in [0.2, 0.25) is 0 Å². The number of aromatic hydroxyl groups is 1. The fraction of sp³-hybridized carbons (Fsp3) is 0.133. The third-order valence-electron chi connectivity index (χ3n) is 2.78. The van der Waals surface area contributed by atoms with Crippen LogP contribution in [0.15, 0.2) is 53.4 Å². The first kappa shape index (κ1) is 14.9. The van der Waals surface area contributed by atoms with Crippen molar-refractivity contribution in [3.8, 4) is 17.6 Å². The lowest BCUT2D eigenvalue weighted by Crippen LogP contribution is -2.14. The van der Waals surface area contributed by atoms with Crippen molar-refractivity contribution in [3.63, 3.8) is 0 Å². The fourth-order valence-corrected chi connectivity index (χ4v) is 2.82. The Balaban J connectivity index is 2.01. The highest BCUT2D eigenvalue weighted by molar-refractivity contribution is 7.91. The van der Waals surface area contributed by atoms with Gasteiger partial charge in [0.2, 0.25) is 0 Å². The van der Waals surface area contributed by atoms with Crippen LogP contribution in [0.1, 0.15) is 5.56 Å². The summed E-state index contributed by atoms with van der Waals surface area (Å²) >= 11 is 0. The lowest BCUT2D eigenvalue weighted by molar-refractivity contribution is 0.340. The Morgan fingerprint density at radius 3 is 2.52 bits per heavy atom. The Hall–Kier alpha value is -2.52. The average molecular weight is 303 g/mol. The predicted octanol–water partition coefficient (Wildman–Crippen LogP) is 2.12. The van der Waals surface area contributed by atoms with Gasteiger partial charge < -0.3 is 9.84 Å². The highest BCUT2D eigenvalue weighted by Crippen LogP contribution is 2.17. The van der Waals surface area contributed by atoms with Gasteiger partial charge in [-0.3, -0.25) is 0 Å². The largest absolute Gasteiger partial charge is 0.508 e. The van der Waals surface area contributed by atoms with Gasteiger partial charge in [0.1, 0.15) is 18.1 Å². The molecular formula is C15H13NO4S. The Morgan fingerprint density at radius 2 is 1.86 bits per heavy atom. The number of nitrogens with zero attached hydrogens (tertiary/aromatic N) is 1. The number of nitriles is 1. The van der Waals surface area contributed by atoms with E-state index in [1.807, 2.05) is 6.07 Å². The molecule has 0 aliphatic rings. The van der Waals surface area contributed by atoms with Crippen molar-refractivity contribution in [1.82, 2.24) is 0 Å². The van der Waals surface area contributed by atoms with E-state index >= 15 is 0 Å². The van der Waals surface area contributed by atoms with Gasteiger partial charge in [0.05, 0.1) is 22.3 Å². The summed E-state index contributed by atoms with van der Waals surface area (Å²) in [6, 6.07) is 13.8. The highest BCUT2D eigenvalue weighted by atomic mass is 32.2. The van der Waals surface area contributed by atoms with E-state index < -0.39 is 9.84 Å². The normalized spacial score (nSPS) is 10.8. The van der Waals surface area contributed by atoms with E-state index in [2.05, 4.69) is 0 Å². The maximum absolute atomic E-state index is 12.1. The quantitative estimate of drug-likeness (QED) is 0.914. The van der Waals surface area contributed by atoms with E-state index in [-0.39, 0.29) is 23.0 Å². The average Bonchev–Trinajstić information content (AvgIpc) is 2.49. The van der Waals surface area contributed by atoms with Gasteiger partial charge in [0.25, 0.3) is 0 Å². The molecular weight excluding hydrogens is 290 g/mol. The van der Waals surface area contributed by atoms with Gasteiger partial charge in [-0.25, -0.2) is 8.42 Å². The van der Waals surface area contributed by atoms with Gasteiger partial charge in [0.15, 0.2) is 9.84 Å². The Morgan fingerprint density at radius 1 is 1.14 bits per heavy atom. The van der Waals surface area contributed by atoms with E-state index in [4.69, 9.17) is 15.1 Å². The molecule has 0 aromatic heterocycles. The molecule has 2 aromatic rings. The van der Waals surface area contributed by atoms with E-state index in [0.717, 1.165) is 0 Å². The number of hydrogen-bond donors (Lipinski definition) is 1. The first-order chi connectivity index (χ1) is 10.0. The number of benzene rings is 2. The van der Waals surface area contributed by atoms with Gasteiger partial charge >= 0.3 is 0 Å². The van der Waals surface area contributed by atoms with Crippen molar-refractivity contribution < 1.29 is 18.3 Å². The summed E-state index contributed by atoms with van der Waals surface area (Å²) in [5.74, 6) is 0.403. The molecule has 21 heavy (non-hydrogen) atoms. The van der Waals surface area contributed by atoms with Gasteiger partial charge in [-0.2, -0.15) is 5.26 Å². The molecule has 2 aromatic carbocycles. The molecule has 0 heterocycles. The predicted molar refractivity (Wildman–Crippen MR) is 76.8 cm³/mol. The lowest BCUT2D eigenvalue weighted by Gasteiger charge is -2.07. The molecule has 0 amide bonds. The number of phenols is 1. The van der Waals surface area contributed by atoms with Gasteiger partial charge in [-0.1, -0.05) is 6.07 Å². The smallest absolute Gasteiger partial charge is 0.181 e. The van der Waals surface area contributed by atoms with Crippen LogP contribution in [0.4, 0.5) is 0 Å². The van der Waals surface area contributed by atoms with Crippen molar-refractivity contribution in [2.75, 3.05) is 12.4 Å². The zero-order valence-electron chi connectivity index (χ0n) is 11.1. The van der Waals surface area contributed by atoms with E-state index in [0.29, 0.717) is 11.3 Å². The Kier molecular flexibility index (Phi) is 4.45. The van der Waals surface area contributed by atoms with E-state index in [9.17, 15) is 8.42 Å². The molecule has 0 atom stereocenters. The van der Waals surface area contributed by atoms with Crippen molar-refractivity contribution in [2.24, 2.45) is 0 Å². The van der Waals surface area contributed by atoms with Gasteiger partial charge in [-0.05, 0) is 42.5 Å². The van der Waals surface area contributed by atoms with Crippen LogP contribution >= 0.6 is 0 Å². The fourth-order valence-electron chi connectivity index (χ4n) is 1.69. The highest BCUT2D eigenvalue weighted by Gasteiger charge is 2.15. The third-order valence-corrected chi connectivity index (χ3v) is 4.46. The molecule has 1 N–H and O–H groups in total. The van der Waals surface area contributed by atoms with Crippen molar-refractivity contribution >= 4 is 9.84 Å². The molecule has 0 bridgehead atoms. The summed E-state index contributed by atoms with van der Waals surface area (Å²) in [6.07, 6.45) is 0. The molecule has 0 fully saturated rings. The summed E-state index contributed by atoms with van der Waals surface area (Å²) in [4.78, 5) is 0.107. The molecule has 0 aliphatic heterocycles. The third kappa shape index (κ3) is 3.97. The van der Waals surface area contributed by atoms with Crippen molar-refractivity contribution in [2.45, 2.75) is 4.90 Å². The summed E-state index contributed by atoms with van der Waals surface area (Å²) in [5.41, 5.74) is 0.301. The first-order valence-electron chi connectivity index (χ1n) is 6.16. The van der Waals surface area contributed by atoms with Crippen LogP contribution in [-0.4, -0.2) is 25.9 Å². The summed E-state index contributed by atoms with van der Waals surface area (Å²) in [6.45, 7) is -0.0100. The second-order valence-electron chi connectivity index (χ2n) is 4.30. The Labute approximate surface area is 123 Å². The summed E-state index contributed by atoms with van der Waals surface area (Å²) in [5, 5.41) is 17.9. The maximum Gasteiger partial charge on any atom is 0.181 e. The molecule has 2 rings (SSSR count). The molecule has 0 radical (unpaired) electrons. The SMILES string of the molecule is N#Cc1cccc(S(=O)(=O)CCOc2ccc(O)cc2)c1. The number of ether oxygens (including phenoxy) is 1. The van der Waals surface area contributed by atoms with Gasteiger partial charge in [-0.15, -0.1) is 0 Å². The molecule has 5 nitrogen and oxygen atoms in total. The Bertz CT molecular complexity index is 761. The zero-order valence-corrected chi connectivity index (χ0v) is 11.9. The van der Waals surface area contributed by atoms with Crippen LogP contribution < -0.4 is 4.74 Å². The van der Waals surface area contributed by atoms with E-state index in [1.165, 1.54) is 30.3 Å². The maximum atomic E-state index is 12.1. The van der Waals surface area contributed by atoms with Crippen LogP contribution in [0, 0.1) is 11.3 Å². The molecule has 0 saturated heterocycles. The standard InChI is InChI=1S/C15H13NO4S/c16-11-12-2-1-3-15(10-12)21(18,19)9-8-20-14-6-4-13(17)5-7-14/h1-7,10,17H,8-9H2. The minimum absolute atomic E-state index is 0.0100. The number of hydrogen-bond acceptors (Lipinski definition) is 5.